The van der Waals surface area contributed by atoms with Crippen LogP contribution in [0.1, 0.15) is 33.6 Å². The quantitative estimate of drug-likeness (QED) is 0.586. The summed E-state index contributed by atoms with van der Waals surface area (Å²) in [5.74, 6) is 2.04. The topological polar surface area (TPSA) is 104 Å². The minimum absolute atomic E-state index is 0.422. The van der Waals surface area contributed by atoms with Crippen LogP contribution in [-0.2, 0) is 23.6 Å². The van der Waals surface area contributed by atoms with Gasteiger partial charge in [-0.15, -0.1) is 0 Å². The molecule has 0 saturated carbocycles. The minimum Gasteiger partial charge on any atom is -0.496 e. The van der Waals surface area contributed by atoms with Crippen molar-refractivity contribution in [1.82, 2.24) is 24.9 Å². The van der Waals surface area contributed by atoms with Crippen LogP contribution < -0.4 is 10.5 Å². The Balaban J connectivity index is 1.56. The van der Waals surface area contributed by atoms with E-state index >= 15 is 0 Å². The zero-order valence-corrected chi connectivity index (χ0v) is 19.4. The van der Waals surface area contributed by atoms with Crippen molar-refractivity contribution in [3.8, 4) is 17.0 Å². The molecule has 3 aliphatic heterocycles. The van der Waals surface area contributed by atoms with Crippen LogP contribution in [0.25, 0.3) is 11.3 Å². The van der Waals surface area contributed by atoms with Crippen LogP contribution in [0.5, 0.6) is 5.75 Å². The minimum atomic E-state index is 0.422. The maximum Gasteiger partial charge on any atom is 0.160 e. The van der Waals surface area contributed by atoms with Gasteiger partial charge < -0.3 is 15.2 Å². The molecule has 0 spiro atoms. The van der Waals surface area contributed by atoms with Crippen molar-refractivity contribution >= 4 is 17.8 Å². The van der Waals surface area contributed by atoms with Gasteiger partial charge in [0.1, 0.15) is 18.0 Å². The Bertz CT molecular complexity index is 1150. The lowest BCUT2D eigenvalue weighted by atomic mass is 10.1. The molecule has 1 fully saturated rings. The lowest BCUT2D eigenvalue weighted by Crippen LogP contribution is -2.35. The van der Waals surface area contributed by atoms with Crippen molar-refractivity contribution < 1.29 is 9.47 Å². The molecule has 1 aromatic heterocycles. The van der Waals surface area contributed by atoms with E-state index in [1.165, 1.54) is 23.1 Å². The normalized spacial score (nSPS) is 16.8. The van der Waals surface area contributed by atoms with Crippen molar-refractivity contribution in [1.29, 1.82) is 0 Å². The Morgan fingerprint density at radius 2 is 2.00 bits per heavy atom. The first-order chi connectivity index (χ1) is 15.5. The molecule has 32 heavy (non-hydrogen) atoms. The number of aryl methyl sites for hydroxylation is 1. The molecule has 0 bridgehead atoms. The Morgan fingerprint density at radius 3 is 2.78 bits per heavy atom. The molecular formula is C22H27N7O2S. The number of nitrogens with zero attached hydrogens (tertiary/aromatic N) is 6. The van der Waals surface area contributed by atoms with E-state index in [1.54, 1.807) is 11.9 Å². The summed E-state index contributed by atoms with van der Waals surface area (Å²) in [6, 6.07) is 2.18. The molecule has 1 saturated heterocycles. The first-order valence-electron chi connectivity index (χ1n) is 10.7. The third kappa shape index (κ3) is 3.82. The molecule has 9 nitrogen and oxygen atoms in total. The lowest BCUT2D eigenvalue weighted by molar-refractivity contribution is 0.0341. The molecule has 4 aliphatic rings. The number of hydrogen-bond acceptors (Lipinski definition) is 9. The summed E-state index contributed by atoms with van der Waals surface area (Å²) in [4.78, 5) is 8.69. The van der Waals surface area contributed by atoms with E-state index < -0.39 is 0 Å². The van der Waals surface area contributed by atoms with Gasteiger partial charge in [0.25, 0.3) is 0 Å². The van der Waals surface area contributed by atoms with Gasteiger partial charge in [-0.1, -0.05) is 0 Å². The number of amidine groups is 1. The maximum atomic E-state index is 6.32. The van der Waals surface area contributed by atoms with E-state index in [0.717, 1.165) is 72.4 Å². The number of nitrogens with two attached hydrogens (primary N) is 1. The lowest BCUT2D eigenvalue weighted by Gasteiger charge is -2.26. The highest BCUT2D eigenvalue weighted by Crippen LogP contribution is 2.38. The van der Waals surface area contributed by atoms with Crippen LogP contribution in [0.4, 0.5) is 0 Å². The second-order valence-electron chi connectivity index (χ2n) is 8.17. The van der Waals surface area contributed by atoms with Gasteiger partial charge in [-0.2, -0.15) is 19.4 Å². The third-order valence-corrected chi connectivity index (χ3v) is 6.83. The zero-order valence-electron chi connectivity index (χ0n) is 18.6. The monoisotopic (exact) mass is 453 g/mol. The van der Waals surface area contributed by atoms with Gasteiger partial charge in [-0.25, -0.2) is 0 Å². The number of methoxy groups -OCH3 is 1. The highest BCUT2D eigenvalue weighted by Gasteiger charge is 2.28. The summed E-state index contributed by atoms with van der Waals surface area (Å²) < 4.78 is 15.5. The smallest absolute Gasteiger partial charge is 0.160 e. The number of hydrogen-bond donors (Lipinski definition) is 1. The van der Waals surface area contributed by atoms with Gasteiger partial charge >= 0.3 is 0 Å². The standard InChI is InChI=1S/C22H27N7O2S/c1-13-9-24-18(14(2)21(13)30-3)11-29-25-17-8-15(10-28-4-6-31-7-5-28)16-12-32-27-22(23)20(26-29)19(16)17/h8-9H,4-7,10-12H2,1-3H3,(H2,23,27). The first-order valence-corrected chi connectivity index (χ1v) is 11.6. The molecule has 1 aromatic rings. The average molecular weight is 454 g/mol. The van der Waals surface area contributed by atoms with Gasteiger partial charge in [0.15, 0.2) is 5.84 Å². The number of ether oxygens (including phenoxy) is 2. The van der Waals surface area contributed by atoms with Gasteiger partial charge in [-0.3, -0.25) is 9.88 Å². The highest BCUT2D eigenvalue weighted by atomic mass is 32.2. The molecule has 0 amide bonds. The van der Waals surface area contributed by atoms with E-state index in [1.807, 2.05) is 20.0 Å². The molecule has 2 N–H and O–H groups in total. The number of morpholine rings is 1. The van der Waals surface area contributed by atoms with Crippen LogP contribution in [0.3, 0.4) is 0 Å². The molecule has 4 heterocycles. The van der Waals surface area contributed by atoms with E-state index in [9.17, 15) is 0 Å². The number of aromatic nitrogens is 4. The summed E-state index contributed by atoms with van der Waals surface area (Å²) in [7, 11) is 1.68. The molecule has 10 heteroatoms. The van der Waals surface area contributed by atoms with Crippen molar-refractivity contribution in [3.63, 3.8) is 0 Å². The van der Waals surface area contributed by atoms with Crippen molar-refractivity contribution in [2.24, 2.45) is 10.1 Å². The number of rotatable bonds is 5. The molecule has 0 aromatic carbocycles. The van der Waals surface area contributed by atoms with Crippen LogP contribution >= 0.6 is 11.9 Å². The van der Waals surface area contributed by atoms with E-state index in [-0.39, 0.29) is 0 Å². The molecule has 1 aliphatic carbocycles. The van der Waals surface area contributed by atoms with Crippen LogP contribution in [0, 0.1) is 13.8 Å². The zero-order chi connectivity index (χ0) is 22.2. The van der Waals surface area contributed by atoms with Crippen molar-refractivity contribution in [2.75, 3.05) is 33.4 Å². The predicted molar refractivity (Wildman–Crippen MR) is 124 cm³/mol. The maximum absolute atomic E-state index is 6.32. The van der Waals surface area contributed by atoms with E-state index in [4.69, 9.17) is 25.4 Å². The summed E-state index contributed by atoms with van der Waals surface area (Å²) in [6.45, 7) is 8.71. The summed E-state index contributed by atoms with van der Waals surface area (Å²) in [5, 5.41) is 9.61. The third-order valence-electron chi connectivity index (χ3n) is 6.08. The Labute approximate surface area is 191 Å². The molecule has 5 rings (SSSR count). The van der Waals surface area contributed by atoms with Crippen LogP contribution in [0.2, 0.25) is 0 Å². The summed E-state index contributed by atoms with van der Waals surface area (Å²) in [5.41, 5.74) is 14.3. The SMILES string of the molecule is COc1c(C)cnc(Cn2nc3cc(CN4CCOCC4)c4c-3c(n2)C(N)=NSC4)c1C. The van der Waals surface area contributed by atoms with Gasteiger partial charge in [0.05, 0.1) is 31.7 Å². The molecule has 168 valence electrons. The van der Waals surface area contributed by atoms with Gasteiger partial charge in [0.2, 0.25) is 0 Å². The summed E-state index contributed by atoms with van der Waals surface area (Å²) >= 11 is 1.47. The fourth-order valence-electron chi connectivity index (χ4n) is 4.42. The molecule has 0 radical (unpaired) electrons. The van der Waals surface area contributed by atoms with Gasteiger partial charge in [0, 0.05) is 48.3 Å². The average Bonchev–Trinajstić information content (AvgIpc) is 3.03. The fraction of sp³-hybridized carbons (Fsp3) is 0.455. The van der Waals surface area contributed by atoms with E-state index in [0.29, 0.717) is 18.1 Å². The van der Waals surface area contributed by atoms with Crippen LogP contribution in [-0.4, -0.2) is 64.1 Å². The Morgan fingerprint density at radius 1 is 1.19 bits per heavy atom. The first kappa shape index (κ1) is 21.2. The second kappa shape index (κ2) is 8.68. The molecule has 0 atom stereocenters. The molecular weight excluding hydrogens is 426 g/mol. The predicted octanol–water partition coefficient (Wildman–Crippen LogP) is 2.15. The molecule has 0 unspecified atom stereocenters. The van der Waals surface area contributed by atoms with E-state index in [2.05, 4.69) is 20.3 Å². The largest absolute Gasteiger partial charge is 0.496 e. The Kier molecular flexibility index (Phi) is 5.75. The van der Waals surface area contributed by atoms with Crippen molar-refractivity contribution in [2.45, 2.75) is 32.7 Å². The van der Waals surface area contributed by atoms with Crippen molar-refractivity contribution in [3.05, 3.63) is 45.9 Å². The van der Waals surface area contributed by atoms with Crippen LogP contribution in [0.15, 0.2) is 16.7 Å². The fourth-order valence-corrected chi connectivity index (χ4v) is 5.17. The van der Waals surface area contributed by atoms with Gasteiger partial charge in [-0.05, 0) is 43.0 Å². The second-order valence-corrected chi connectivity index (χ2v) is 8.90. The highest BCUT2D eigenvalue weighted by molar-refractivity contribution is 7.97. The Hall–Kier alpha value is -2.69. The summed E-state index contributed by atoms with van der Waals surface area (Å²) in [6.07, 6.45) is 1.82. The number of pyridine rings is 1.